The Morgan fingerprint density at radius 2 is 2.19 bits per heavy atom. The number of rotatable bonds is 6. The molecule has 0 aliphatic carbocycles. The smallest absolute Gasteiger partial charge is 0.338 e. The van der Waals surface area contributed by atoms with Gasteiger partial charge in [0.05, 0.1) is 25.4 Å². The predicted molar refractivity (Wildman–Crippen MR) is 59.8 cm³/mol. The third-order valence-corrected chi connectivity index (χ3v) is 2.04. The van der Waals surface area contributed by atoms with Gasteiger partial charge in [-0.3, -0.25) is 0 Å². The Kier molecular flexibility index (Phi) is 5.22. The molecular formula is C12H18O4. The van der Waals surface area contributed by atoms with Crippen molar-refractivity contribution in [2.75, 3.05) is 19.8 Å². The van der Waals surface area contributed by atoms with E-state index in [0.717, 1.165) is 18.4 Å². The fourth-order valence-electron chi connectivity index (χ4n) is 1.25. The third kappa shape index (κ3) is 4.59. The van der Waals surface area contributed by atoms with Crippen LogP contribution in [0.2, 0.25) is 0 Å². The van der Waals surface area contributed by atoms with Crippen LogP contribution in [-0.2, 0) is 19.0 Å². The van der Waals surface area contributed by atoms with Crippen molar-refractivity contribution in [3.05, 3.63) is 24.3 Å². The average molecular weight is 226 g/mol. The van der Waals surface area contributed by atoms with Gasteiger partial charge in [-0.1, -0.05) is 18.7 Å². The van der Waals surface area contributed by atoms with Gasteiger partial charge in [0.2, 0.25) is 6.29 Å². The van der Waals surface area contributed by atoms with E-state index in [2.05, 4.69) is 13.2 Å². The molecule has 1 aliphatic heterocycles. The molecule has 0 aromatic carbocycles. The summed E-state index contributed by atoms with van der Waals surface area (Å²) in [5.74, 6) is -0.450. The van der Waals surface area contributed by atoms with Crippen LogP contribution in [0, 0.1) is 0 Å². The Balaban J connectivity index is 2.19. The van der Waals surface area contributed by atoms with E-state index in [1.165, 1.54) is 0 Å². The molecule has 1 rings (SSSR count). The Morgan fingerprint density at radius 3 is 2.75 bits per heavy atom. The van der Waals surface area contributed by atoms with E-state index in [1.807, 2.05) is 6.92 Å². The van der Waals surface area contributed by atoms with Gasteiger partial charge in [0.1, 0.15) is 0 Å². The Morgan fingerprint density at radius 1 is 1.44 bits per heavy atom. The fourth-order valence-corrected chi connectivity index (χ4v) is 1.25. The first kappa shape index (κ1) is 12.9. The van der Waals surface area contributed by atoms with Crippen molar-refractivity contribution >= 4 is 5.97 Å². The fraction of sp³-hybridized carbons (Fsp3) is 0.583. The van der Waals surface area contributed by atoms with Gasteiger partial charge in [0, 0.05) is 6.42 Å². The highest BCUT2D eigenvalue weighted by atomic mass is 16.7. The zero-order valence-corrected chi connectivity index (χ0v) is 9.66. The monoisotopic (exact) mass is 226 g/mol. The van der Waals surface area contributed by atoms with Gasteiger partial charge >= 0.3 is 5.97 Å². The van der Waals surface area contributed by atoms with Crippen molar-refractivity contribution in [2.45, 2.75) is 26.1 Å². The first-order chi connectivity index (χ1) is 7.59. The molecule has 0 radical (unpaired) electrons. The second kappa shape index (κ2) is 6.45. The average Bonchev–Trinajstić information content (AvgIpc) is 2.69. The Hall–Kier alpha value is -1.13. The molecule has 4 nitrogen and oxygen atoms in total. The lowest BCUT2D eigenvalue weighted by Gasteiger charge is -2.12. The summed E-state index contributed by atoms with van der Waals surface area (Å²) in [5, 5.41) is 0. The number of esters is 1. The highest BCUT2D eigenvalue weighted by Gasteiger charge is 2.21. The van der Waals surface area contributed by atoms with Crippen molar-refractivity contribution in [3.63, 3.8) is 0 Å². The van der Waals surface area contributed by atoms with Gasteiger partial charge in [-0.25, -0.2) is 4.79 Å². The number of carbonyl (C=O) groups is 1. The molecule has 1 unspecified atom stereocenters. The van der Waals surface area contributed by atoms with Crippen molar-refractivity contribution in [2.24, 2.45) is 0 Å². The normalized spacial score (nSPS) is 19.4. The minimum Gasteiger partial charge on any atom is -0.432 e. The Bertz CT molecular complexity index is 277. The quantitative estimate of drug-likeness (QED) is 0.393. The largest absolute Gasteiger partial charge is 0.432 e. The van der Waals surface area contributed by atoms with Crippen molar-refractivity contribution < 1.29 is 19.0 Å². The molecule has 0 bridgehead atoms. The van der Waals surface area contributed by atoms with E-state index >= 15 is 0 Å². The SMILES string of the molecule is C=C(C)COCC(=C)C(=O)OC1CCCO1. The van der Waals surface area contributed by atoms with E-state index in [-0.39, 0.29) is 6.61 Å². The standard InChI is InChI=1S/C12H18O4/c1-9(2)7-14-8-10(3)12(13)16-11-5-4-6-15-11/h11H,1,3-8H2,2H3. The molecule has 0 saturated carbocycles. The summed E-state index contributed by atoms with van der Waals surface area (Å²) in [6, 6.07) is 0. The van der Waals surface area contributed by atoms with Crippen molar-refractivity contribution in [3.8, 4) is 0 Å². The summed E-state index contributed by atoms with van der Waals surface area (Å²) in [6.07, 6.45) is 1.27. The van der Waals surface area contributed by atoms with Crippen LogP contribution in [0.5, 0.6) is 0 Å². The van der Waals surface area contributed by atoms with Crippen LogP contribution >= 0.6 is 0 Å². The second-order valence-corrected chi connectivity index (χ2v) is 3.90. The van der Waals surface area contributed by atoms with Gasteiger partial charge in [0.25, 0.3) is 0 Å². The summed E-state index contributed by atoms with van der Waals surface area (Å²) in [5.41, 5.74) is 1.21. The maximum Gasteiger partial charge on any atom is 0.338 e. The minimum absolute atomic E-state index is 0.165. The maximum absolute atomic E-state index is 11.5. The first-order valence-corrected chi connectivity index (χ1v) is 5.32. The molecule has 1 aliphatic rings. The molecule has 0 spiro atoms. The molecule has 1 heterocycles. The lowest BCUT2D eigenvalue weighted by Crippen LogP contribution is -2.20. The minimum atomic E-state index is -0.450. The molecule has 4 heteroatoms. The summed E-state index contributed by atoms with van der Waals surface area (Å²) in [4.78, 5) is 11.5. The van der Waals surface area contributed by atoms with E-state index in [4.69, 9.17) is 14.2 Å². The summed E-state index contributed by atoms with van der Waals surface area (Å²) in [7, 11) is 0. The van der Waals surface area contributed by atoms with Crippen molar-refractivity contribution in [1.29, 1.82) is 0 Å². The predicted octanol–water partition coefficient (Wildman–Crippen LogP) is 1.81. The van der Waals surface area contributed by atoms with Crippen LogP contribution in [0.25, 0.3) is 0 Å². The first-order valence-electron chi connectivity index (χ1n) is 5.32. The summed E-state index contributed by atoms with van der Waals surface area (Å²) < 4.78 is 15.4. The second-order valence-electron chi connectivity index (χ2n) is 3.90. The zero-order chi connectivity index (χ0) is 12.0. The van der Waals surface area contributed by atoms with Crippen LogP contribution in [0.3, 0.4) is 0 Å². The van der Waals surface area contributed by atoms with Gasteiger partial charge in [-0.05, 0) is 13.3 Å². The van der Waals surface area contributed by atoms with Crippen LogP contribution in [0.15, 0.2) is 24.3 Å². The van der Waals surface area contributed by atoms with Gasteiger partial charge in [-0.2, -0.15) is 0 Å². The number of hydrogen-bond acceptors (Lipinski definition) is 4. The van der Waals surface area contributed by atoms with E-state index < -0.39 is 12.3 Å². The maximum atomic E-state index is 11.5. The number of carbonyl (C=O) groups excluding carboxylic acids is 1. The number of ether oxygens (including phenoxy) is 3. The summed E-state index contributed by atoms with van der Waals surface area (Å²) >= 11 is 0. The molecule has 90 valence electrons. The third-order valence-electron chi connectivity index (χ3n) is 2.04. The molecule has 0 N–H and O–H groups in total. The molecule has 0 aromatic rings. The molecule has 0 amide bonds. The highest BCUT2D eigenvalue weighted by Crippen LogP contribution is 2.14. The van der Waals surface area contributed by atoms with Gasteiger partial charge < -0.3 is 14.2 Å². The molecule has 1 fully saturated rings. The van der Waals surface area contributed by atoms with Crippen LogP contribution in [0.1, 0.15) is 19.8 Å². The summed E-state index contributed by atoms with van der Waals surface area (Å²) in [6.45, 7) is 10.4. The van der Waals surface area contributed by atoms with Crippen LogP contribution in [0.4, 0.5) is 0 Å². The lowest BCUT2D eigenvalue weighted by atomic mass is 10.3. The molecule has 16 heavy (non-hydrogen) atoms. The van der Waals surface area contributed by atoms with E-state index in [1.54, 1.807) is 0 Å². The molecule has 0 aromatic heterocycles. The highest BCUT2D eigenvalue weighted by molar-refractivity contribution is 5.88. The molecule has 1 atom stereocenters. The van der Waals surface area contributed by atoms with Crippen molar-refractivity contribution in [1.82, 2.24) is 0 Å². The molecule has 1 saturated heterocycles. The zero-order valence-electron chi connectivity index (χ0n) is 9.66. The molecular weight excluding hydrogens is 208 g/mol. The lowest BCUT2D eigenvalue weighted by molar-refractivity contribution is -0.165. The van der Waals surface area contributed by atoms with E-state index in [0.29, 0.717) is 18.8 Å². The topological polar surface area (TPSA) is 44.8 Å². The van der Waals surface area contributed by atoms with E-state index in [9.17, 15) is 4.79 Å². The van der Waals surface area contributed by atoms with Crippen LogP contribution < -0.4 is 0 Å². The van der Waals surface area contributed by atoms with Crippen LogP contribution in [-0.4, -0.2) is 32.1 Å². The van der Waals surface area contributed by atoms with Gasteiger partial charge in [-0.15, -0.1) is 0 Å². The van der Waals surface area contributed by atoms with Gasteiger partial charge in [0.15, 0.2) is 0 Å². The Labute approximate surface area is 95.9 Å². The number of hydrogen-bond donors (Lipinski definition) is 0.